The van der Waals surface area contributed by atoms with Crippen molar-refractivity contribution >= 4 is 54.5 Å². The second-order valence-electron chi connectivity index (χ2n) is 11.0. The molecule has 0 atom stereocenters. The molecule has 7 aromatic carbocycles. The van der Waals surface area contributed by atoms with Gasteiger partial charge in [0.2, 0.25) is 0 Å². The number of rotatable bonds is 3. The molecular weight excluding hydrogens is 524 g/mol. The van der Waals surface area contributed by atoms with Gasteiger partial charge in [-0.25, -0.2) is 9.97 Å². The Morgan fingerprint density at radius 1 is 0.395 bits per heavy atom. The van der Waals surface area contributed by atoms with Gasteiger partial charge in [-0.2, -0.15) is 0 Å². The molecule has 0 saturated heterocycles. The lowest BCUT2D eigenvalue weighted by atomic mass is 9.94. The monoisotopic (exact) mass is 548 g/mol. The first kappa shape index (κ1) is 23.9. The summed E-state index contributed by atoms with van der Waals surface area (Å²) in [5.74, 6) is 0. The van der Waals surface area contributed by atoms with Crippen LogP contribution in [-0.2, 0) is 0 Å². The van der Waals surface area contributed by atoms with Gasteiger partial charge >= 0.3 is 0 Å². The molecule has 3 nitrogen and oxygen atoms in total. The molecule has 0 amide bonds. The van der Waals surface area contributed by atoms with Gasteiger partial charge in [0, 0.05) is 27.3 Å². The van der Waals surface area contributed by atoms with Crippen molar-refractivity contribution in [1.29, 1.82) is 0 Å². The molecule has 9 aromatic rings. The predicted octanol–water partition coefficient (Wildman–Crippen LogP) is 10.8. The van der Waals surface area contributed by atoms with E-state index in [9.17, 15) is 0 Å². The fraction of sp³-hybridized carbons (Fsp3) is 0. The summed E-state index contributed by atoms with van der Waals surface area (Å²) < 4.78 is 6.54. The third-order valence-corrected chi connectivity index (χ3v) is 8.43. The van der Waals surface area contributed by atoms with Crippen LogP contribution in [0.3, 0.4) is 0 Å². The molecule has 2 heterocycles. The Morgan fingerprint density at radius 2 is 1.07 bits per heavy atom. The molecule has 200 valence electrons. The van der Waals surface area contributed by atoms with Crippen molar-refractivity contribution in [2.75, 3.05) is 0 Å². The van der Waals surface area contributed by atoms with E-state index in [1.807, 2.05) is 30.3 Å². The van der Waals surface area contributed by atoms with Crippen molar-refractivity contribution in [2.24, 2.45) is 0 Å². The minimum Gasteiger partial charge on any atom is -0.455 e. The molecule has 0 bridgehead atoms. The van der Waals surface area contributed by atoms with Crippen molar-refractivity contribution in [3.8, 4) is 33.6 Å². The van der Waals surface area contributed by atoms with Crippen molar-refractivity contribution in [1.82, 2.24) is 9.97 Å². The molecule has 0 unspecified atom stereocenters. The molecule has 2 aromatic heterocycles. The summed E-state index contributed by atoms with van der Waals surface area (Å²) in [6, 6.07) is 50.8. The Morgan fingerprint density at radius 3 is 1.91 bits per heavy atom. The van der Waals surface area contributed by atoms with Gasteiger partial charge in [0.15, 0.2) is 0 Å². The molecular formula is C40H24N2O. The molecule has 0 aliphatic heterocycles. The van der Waals surface area contributed by atoms with Gasteiger partial charge in [0.05, 0.1) is 22.4 Å². The van der Waals surface area contributed by atoms with Crippen LogP contribution in [0.2, 0.25) is 0 Å². The Balaban J connectivity index is 1.38. The van der Waals surface area contributed by atoms with Gasteiger partial charge in [-0.15, -0.1) is 0 Å². The van der Waals surface area contributed by atoms with Gasteiger partial charge < -0.3 is 4.42 Å². The summed E-state index contributed by atoms with van der Waals surface area (Å²) in [5.41, 5.74) is 9.66. The molecule has 9 rings (SSSR count). The van der Waals surface area contributed by atoms with Crippen LogP contribution in [0.15, 0.2) is 150 Å². The third-order valence-electron chi connectivity index (χ3n) is 8.43. The lowest BCUT2D eigenvalue weighted by Gasteiger charge is -2.14. The van der Waals surface area contributed by atoms with Crippen LogP contribution in [0.25, 0.3) is 88.2 Å². The summed E-state index contributed by atoms with van der Waals surface area (Å²) in [5, 5.41) is 6.68. The second kappa shape index (κ2) is 9.37. The van der Waals surface area contributed by atoms with E-state index in [0.717, 1.165) is 71.8 Å². The topological polar surface area (TPSA) is 38.9 Å². The largest absolute Gasteiger partial charge is 0.455 e. The number of para-hydroxylation sites is 2. The number of aromatic nitrogens is 2. The summed E-state index contributed by atoms with van der Waals surface area (Å²) in [7, 11) is 0. The van der Waals surface area contributed by atoms with Gasteiger partial charge in [0.1, 0.15) is 11.2 Å². The first-order valence-corrected chi connectivity index (χ1v) is 14.5. The molecule has 3 heteroatoms. The van der Waals surface area contributed by atoms with Crippen LogP contribution in [0.5, 0.6) is 0 Å². The lowest BCUT2D eigenvalue weighted by Crippen LogP contribution is -1.96. The number of hydrogen-bond donors (Lipinski definition) is 0. The van der Waals surface area contributed by atoms with E-state index in [4.69, 9.17) is 14.4 Å². The first-order valence-electron chi connectivity index (χ1n) is 14.5. The molecule has 0 saturated carbocycles. The zero-order valence-corrected chi connectivity index (χ0v) is 23.2. The number of benzene rings is 7. The van der Waals surface area contributed by atoms with Crippen LogP contribution in [0.4, 0.5) is 0 Å². The van der Waals surface area contributed by atoms with Crippen molar-refractivity contribution < 1.29 is 4.42 Å². The van der Waals surface area contributed by atoms with Gasteiger partial charge in [-0.1, -0.05) is 109 Å². The number of fused-ring (bicyclic) bond motifs is 7. The zero-order chi connectivity index (χ0) is 28.3. The molecule has 0 aliphatic carbocycles. The maximum Gasteiger partial charge on any atom is 0.143 e. The Labute approximate surface area is 247 Å². The highest BCUT2D eigenvalue weighted by atomic mass is 16.3. The third kappa shape index (κ3) is 3.83. The minimum atomic E-state index is 0.862. The fourth-order valence-corrected chi connectivity index (χ4v) is 6.33. The van der Waals surface area contributed by atoms with Crippen molar-refractivity contribution in [2.45, 2.75) is 0 Å². The van der Waals surface area contributed by atoms with E-state index in [0.29, 0.717) is 0 Å². The quantitative estimate of drug-likeness (QED) is 0.220. The normalized spacial score (nSPS) is 11.7. The van der Waals surface area contributed by atoms with E-state index < -0.39 is 0 Å². The van der Waals surface area contributed by atoms with E-state index >= 15 is 0 Å². The SMILES string of the molecule is c1ccc(-c2ccc3oc4c5ccccc5c(-c5nc6ccccc6nc5-c5ccc6ccccc6c5)cc4c3c2)cc1. The number of hydrogen-bond acceptors (Lipinski definition) is 3. The standard InChI is InChI=1S/C40H24N2O/c1-2-10-25(11-3-1)28-20-21-37-32(23-28)34-24-33(30-14-6-7-15-31(30)40(34)43-37)39-38(41-35-16-8-9-17-36(35)42-39)29-19-18-26-12-4-5-13-27(26)22-29/h1-24H. The van der Waals surface area contributed by atoms with Crippen LogP contribution >= 0.6 is 0 Å². The molecule has 0 radical (unpaired) electrons. The Hall–Kier alpha value is -5.80. The lowest BCUT2D eigenvalue weighted by molar-refractivity contribution is 0.673. The van der Waals surface area contributed by atoms with Gasteiger partial charge in [-0.05, 0) is 63.7 Å². The van der Waals surface area contributed by atoms with Crippen molar-refractivity contribution in [3.63, 3.8) is 0 Å². The molecule has 0 fully saturated rings. The average molecular weight is 549 g/mol. The van der Waals surface area contributed by atoms with Crippen LogP contribution in [-0.4, -0.2) is 9.97 Å². The van der Waals surface area contributed by atoms with Gasteiger partial charge in [0.25, 0.3) is 0 Å². The maximum absolute atomic E-state index is 6.54. The molecule has 43 heavy (non-hydrogen) atoms. The van der Waals surface area contributed by atoms with Gasteiger partial charge in [-0.3, -0.25) is 0 Å². The Bertz CT molecular complexity index is 2510. The van der Waals surface area contributed by atoms with Crippen molar-refractivity contribution in [3.05, 3.63) is 146 Å². The highest BCUT2D eigenvalue weighted by molar-refractivity contribution is 6.20. The first-order chi connectivity index (χ1) is 21.3. The molecule has 0 aliphatic rings. The summed E-state index contributed by atoms with van der Waals surface area (Å²) >= 11 is 0. The van der Waals surface area contributed by atoms with E-state index in [2.05, 4.69) is 115 Å². The summed E-state index contributed by atoms with van der Waals surface area (Å²) in [6.07, 6.45) is 0. The number of nitrogens with zero attached hydrogens (tertiary/aromatic N) is 2. The van der Waals surface area contributed by atoms with E-state index in [-0.39, 0.29) is 0 Å². The fourth-order valence-electron chi connectivity index (χ4n) is 6.33. The smallest absolute Gasteiger partial charge is 0.143 e. The van der Waals surface area contributed by atoms with Crippen LogP contribution < -0.4 is 0 Å². The predicted molar refractivity (Wildman–Crippen MR) is 178 cm³/mol. The zero-order valence-electron chi connectivity index (χ0n) is 23.2. The maximum atomic E-state index is 6.54. The van der Waals surface area contributed by atoms with E-state index in [1.54, 1.807) is 0 Å². The second-order valence-corrected chi connectivity index (χ2v) is 11.0. The minimum absolute atomic E-state index is 0.862. The van der Waals surface area contributed by atoms with E-state index in [1.165, 1.54) is 16.3 Å². The van der Waals surface area contributed by atoms with Crippen LogP contribution in [0.1, 0.15) is 0 Å². The average Bonchev–Trinajstić information content (AvgIpc) is 3.45. The summed E-state index contributed by atoms with van der Waals surface area (Å²) in [6.45, 7) is 0. The molecule has 0 N–H and O–H groups in total. The molecule has 0 spiro atoms. The number of furan rings is 1. The Kier molecular flexibility index (Phi) is 5.20. The highest BCUT2D eigenvalue weighted by Gasteiger charge is 2.20. The summed E-state index contributed by atoms with van der Waals surface area (Å²) in [4.78, 5) is 10.5. The highest BCUT2D eigenvalue weighted by Crippen LogP contribution is 2.43. The van der Waals surface area contributed by atoms with Crippen LogP contribution in [0, 0.1) is 0 Å².